The molecule has 0 atom stereocenters. The van der Waals surface area contributed by atoms with Gasteiger partial charge in [-0.15, -0.1) is 0 Å². The highest BCUT2D eigenvalue weighted by Gasteiger charge is 2.27. The van der Waals surface area contributed by atoms with Gasteiger partial charge in [-0.3, -0.25) is 0 Å². The Bertz CT molecular complexity index is 3910. The highest BCUT2D eigenvalue weighted by molar-refractivity contribution is 6.88. The number of anilines is 6. The van der Waals surface area contributed by atoms with E-state index < -0.39 is 8.07 Å². The Kier molecular flexibility index (Phi) is 7.56. The van der Waals surface area contributed by atoms with Crippen LogP contribution in [0.5, 0.6) is 0 Å². The number of fused-ring (bicyclic) bond motifs is 12. The van der Waals surface area contributed by atoms with Gasteiger partial charge in [-0.2, -0.15) is 0 Å². The zero-order chi connectivity index (χ0) is 42.1. The maximum absolute atomic E-state index is 2.55. The predicted molar refractivity (Wildman–Crippen MR) is 273 cm³/mol. The maximum Gasteiger partial charge on any atom is 0.0776 e. The Morgan fingerprint density at radius 3 is 1.27 bits per heavy atom. The third kappa shape index (κ3) is 5.14. The van der Waals surface area contributed by atoms with E-state index in [2.05, 4.69) is 239 Å². The molecular weight excluding hydrogens is 781 g/mol. The molecule has 0 aliphatic heterocycles. The standard InChI is InChI=1S/C58H44N4Si/c1-37-17-11-22-40(33-37)59(38-18-7-5-8-19-38)49-29-15-31-51-55(49)45-27-13-25-43-47-36-54-48(35-53(47)61(51)57(43)45)44-26-14-28-46-56-50(30-16-32-52(56)62(54)58(44)46)60(39-20-9-6-10-21-39)41-23-12-24-42(34-41)63(2,3)4/h5-36H,1-4H3. The summed E-state index contributed by atoms with van der Waals surface area (Å²) in [7, 11) is -1.58. The molecule has 13 rings (SSSR count). The molecule has 0 fully saturated rings. The number of rotatable bonds is 7. The minimum absolute atomic E-state index is 1.14. The highest BCUT2D eigenvalue weighted by Crippen LogP contribution is 2.50. The molecule has 0 saturated carbocycles. The SMILES string of the molecule is Cc1cccc(N(c2ccccc2)c2cccc3c2c2cccc4c5cc6c(cc5n3c42)c2cccc3c4c(N(c5ccccc5)c5cccc([Si](C)(C)C)c5)cccc4n6c23)c1. The lowest BCUT2D eigenvalue weighted by atomic mass is 10.0. The second-order valence-corrected chi connectivity index (χ2v) is 23.4. The Hall–Kier alpha value is -7.60. The fraction of sp³-hybridized carbons (Fsp3) is 0.0690. The fourth-order valence-corrected chi connectivity index (χ4v) is 11.9. The van der Waals surface area contributed by atoms with Gasteiger partial charge in [0.1, 0.15) is 0 Å². The zero-order valence-electron chi connectivity index (χ0n) is 35.8. The summed E-state index contributed by atoms with van der Waals surface area (Å²) in [5.74, 6) is 0. The molecule has 0 aliphatic carbocycles. The van der Waals surface area contributed by atoms with Crippen LogP contribution < -0.4 is 15.0 Å². The average molecular weight is 825 g/mol. The second kappa shape index (κ2) is 13.2. The molecular formula is C58H44N4Si. The van der Waals surface area contributed by atoms with Crippen molar-refractivity contribution >= 4 is 124 Å². The third-order valence-corrected chi connectivity index (χ3v) is 15.5. The fourth-order valence-electron chi connectivity index (χ4n) is 10.8. The summed E-state index contributed by atoms with van der Waals surface area (Å²) < 4.78 is 5.08. The van der Waals surface area contributed by atoms with Gasteiger partial charge in [-0.25, -0.2) is 0 Å². The first-order valence-corrected chi connectivity index (χ1v) is 25.5. The summed E-state index contributed by atoms with van der Waals surface area (Å²) >= 11 is 0. The molecule has 300 valence electrons. The Morgan fingerprint density at radius 2 is 0.778 bits per heavy atom. The van der Waals surface area contributed by atoms with E-state index >= 15 is 0 Å². The first-order chi connectivity index (χ1) is 30.8. The van der Waals surface area contributed by atoms with E-state index in [1.807, 2.05) is 0 Å². The molecule has 5 heteroatoms. The number of nitrogens with zero attached hydrogens (tertiary/aromatic N) is 4. The van der Waals surface area contributed by atoms with Crippen molar-refractivity contribution in [3.05, 3.63) is 200 Å². The van der Waals surface area contributed by atoms with Crippen LogP contribution in [0.1, 0.15) is 5.56 Å². The number of hydrogen-bond acceptors (Lipinski definition) is 2. The quantitative estimate of drug-likeness (QED) is 0.149. The van der Waals surface area contributed by atoms with Crippen LogP contribution in [0.2, 0.25) is 19.6 Å². The Balaban J connectivity index is 1.08. The summed E-state index contributed by atoms with van der Waals surface area (Å²) in [6, 6.07) is 72.2. The summed E-state index contributed by atoms with van der Waals surface area (Å²) in [6.45, 7) is 9.46. The van der Waals surface area contributed by atoms with Gasteiger partial charge >= 0.3 is 0 Å². The van der Waals surface area contributed by atoms with Gasteiger partial charge in [-0.1, -0.05) is 134 Å². The van der Waals surface area contributed by atoms with Crippen molar-refractivity contribution in [3.8, 4) is 0 Å². The molecule has 0 amide bonds. The topological polar surface area (TPSA) is 15.3 Å². The number of aromatic nitrogens is 2. The van der Waals surface area contributed by atoms with E-state index in [-0.39, 0.29) is 0 Å². The largest absolute Gasteiger partial charge is 0.310 e. The lowest BCUT2D eigenvalue weighted by Crippen LogP contribution is -2.37. The van der Waals surface area contributed by atoms with Crippen LogP contribution in [0, 0.1) is 6.92 Å². The molecule has 63 heavy (non-hydrogen) atoms. The highest BCUT2D eigenvalue weighted by atomic mass is 28.3. The summed E-state index contributed by atoms with van der Waals surface area (Å²) in [5.41, 5.74) is 15.7. The first-order valence-electron chi connectivity index (χ1n) is 22.0. The molecule has 0 N–H and O–H groups in total. The van der Waals surface area contributed by atoms with E-state index in [0.29, 0.717) is 0 Å². The van der Waals surface area contributed by atoms with E-state index in [4.69, 9.17) is 0 Å². The molecule has 4 aromatic heterocycles. The summed E-state index contributed by atoms with van der Waals surface area (Å²) in [5, 5.41) is 11.6. The van der Waals surface area contributed by atoms with E-state index in [1.165, 1.54) is 104 Å². The third-order valence-electron chi connectivity index (χ3n) is 13.5. The van der Waals surface area contributed by atoms with Gasteiger partial charge in [0.15, 0.2) is 0 Å². The maximum atomic E-state index is 2.55. The van der Waals surface area contributed by atoms with E-state index in [0.717, 1.165) is 17.1 Å². The molecule has 9 aromatic carbocycles. The minimum atomic E-state index is -1.58. The van der Waals surface area contributed by atoms with Gasteiger partial charge in [0.2, 0.25) is 0 Å². The van der Waals surface area contributed by atoms with Crippen LogP contribution in [0.15, 0.2) is 194 Å². The van der Waals surface area contributed by atoms with E-state index in [1.54, 1.807) is 0 Å². The predicted octanol–water partition coefficient (Wildman–Crippen LogP) is 15.8. The van der Waals surface area contributed by atoms with Gasteiger partial charge < -0.3 is 18.6 Å². The number of hydrogen-bond donors (Lipinski definition) is 0. The molecule has 0 bridgehead atoms. The Morgan fingerprint density at radius 1 is 0.349 bits per heavy atom. The monoisotopic (exact) mass is 824 g/mol. The van der Waals surface area contributed by atoms with Crippen molar-refractivity contribution in [1.82, 2.24) is 8.80 Å². The van der Waals surface area contributed by atoms with Crippen LogP contribution in [0.3, 0.4) is 0 Å². The minimum Gasteiger partial charge on any atom is -0.310 e. The van der Waals surface area contributed by atoms with Crippen LogP contribution >= 0.6 is 0 Å². The second-order valence-electron chi connectivity index (χ2n) is 18.3. The number of para-hydroxylation sites is 4. The van der Waals surface area contributed by atoms with Crippen molar-refractivity contribution in [2.45, 2.75) is 26.6 Å². The van der Waals surface area contributed by atoms with Crippen LogP contribution in [0.4, 0.5) is 34.1 Å². The lowest BCUT2D eigenvalue weighted by Gasteiger charge is -2.28. The summed E-state index contributed by atoms with van der Waals surface area (Å²) in [6.07, 6.45) is 0. The molecule has 0 saturated heterocycles. The van der Waals surface area contributed by atoms with Crippen molar-refractivity contribution in [3.63, 3.8) is 0 Å². The Labute approximate surface area is 366 Å². The van der Waals surface area contributed by atoms with Gasteiger partial charge in [-0.05, 0) is 97.4 Å². The van der Waals surface area contributed by atoms with Crippen molar-refractivity contribution < 1.29 is 0 Å². The van der Waals surface area contributed by atoms with Crippen LogP contribution in [-0.2, 0) is 0 Å². The number of aryl methyl sites for hydroxylation is 1. The van der Waals surface area contributed by atoms with Crippen molar-refractivity contribution in [1.29, 1.82) is 0 Å². The molecule has 4 nitrogen and oxygen atoms in total. The van der Waals surface area contributed by atoms with Gasteiger partial charge in [0.25, 0.3) is 0 Å². The molecule has 13 aromatic rings. The lowest BCUT2D eigenvalue weighted by molar-refractivity contribution is 1.28. The molecule has 4 heterocycles. The molecule has 0 unspecified atom stereocenters. The van der Waals surface area contributed by atoms with Crippen molar-refractivity contribution in [2.24, 2.45) is 0 Å². The van der Waals surface area contributed by atoms with Crippen molar-refractivity contribution in [2.75, 3.05) is 9.80 Å². The molecule has 0 radical (unpaired) electrons. The zero-order valence-corrected chi connectivity index (χ0v) is 36.8. The van der Waals surface area contributed by atoms with Crippen LogP contribution in [0.25, 0.3) is 76.2 Å². The average Bonchev–Trinajstić information content (AvgIpc) is 4.03. The van der Waals surface area contributed by atoms with Crippen LogP contribution in [-0.4, -0.2) is 16.9 Å². The summed E-state index contributed by atoms with van der Waals surface area (Å²) in [4.78, 5) is 4.89. The first kappa shape index (κ1) is 36.1. The van der Waals surface area contributed by atoms with Gasteiger partial charge in [0, 0.05) is 65.8 Å². The van der Waals surface area contributed by atoms with Gasteiger partial charge in [0.05, 0.1) is 52.5 Å². The normalized spacial score (nSPS) is 12.4. The molecule has 0 aliphatic rings. The number of benzene rings is 9. The smallest absolute Gasteiger partial charge is 0.0776 e. The molecule has 0 spiro atoms. The van der Waals surface area contributed by atoms with E-state index in [9.17, 15) is 0 Å².